The fourth-order valence-electron chi connectivity index (χ4n) is 4.59. The SMILES string of the molecule is COc1ccc(C2CC(=O)c3c(SCc4ccccc4)sc(C(=O)NCc4cccc(F)c4)c3C2)cc1. The number of fused-ring (bicyclic) bond motifs is 1. The Morgan fingerprint density at radius 2 is 1.78 bits per heavy atom. The van der Waals surface area contributed by atoms with Crippen LogP contribution in [0, 0.1) is 5.82 Å². The molecule has 7 heteroatoms. The van der Waals surface area contributed by atoms with Gasteiger partial charge in [-0.15, -0.1) is 23.1 Å². The van der Waals surface area contributed by atoms with Gasteiger partial charge in [-0.3, -0.25) is 9.59 Å². The van der Waals surface area contributed by atoms with Crippen LogP contribution < -0.4 is 10.1 Å². The van der Waals surface area contributed by atoms with E-state index in [0.717, 1.165) is 26.6 Å². The van der Waals surface area contributed by atoms with Crippen molar-refractivity contribution in [3.63, 3.8) is 0 Å². The van der Waals surface area contributed by atoms with Crippen LogP contribution in [0.25, 0.3) is 0 Å². The van der Waals surface area contributed by atoms with Crippen molar-refractivity contribution in [2.24, 2.45) is 0 Å². The number of ketones is 1. The van der Waals surface area contributed by atoms with Crippen LogP contribution in [0.15, 0.2) is 83.1 Å². The van der Waals surface area contributed by atoms with E-state index < -0.39 is 0 Å². The molecule has 0 saturated carbocycles. The average Bonchev–Trinajstić information content (AvgIpc) is 3.30. The van der Waals surface area contributed by atoms with E-state index in [4.69, 9.17) is 4.74 Å². The summed E-state index contributed by atoms with van der Waals surface area (Å²) >= 11 is 2.98. The minimum absolute atomic E-state index is 0.0118. The monoisotopic (exact) mass is 531 g/mol. The zero-order valence-corrected chi connectivity index (χ0v) is 22.0. The van der Waals surface area contributed by atoms with E-state index in [1.165, 1.54) is 23.5 Å². The van der Waals surface area contributed by atoms with Crippen LogP contribution in [0.5, 0.6) is 5.75 Å². The summed E-state index contributed by atoms with van der Waals surface area (Å²) in [6.07, 6.45) is 1.01. The lowest BCUT2D eigenvalue weighted by atomic mass is 9.80. The minimum atomic E-state index is -0.340. The minimum Gasteiger partial charge on any atom is -0.497 e. The van der Waals surface area contributed by atoms with E-state index in [9.17, 15) is 14.0 Å². The highest BCUT2D eigenvalue weighted by molar-refractivity contribution is 8.00. The number of amides is 1. The predicted molar refractivity (Wildman–Crippen MR) is 146 cm³/mol. The second-order valence-electron chi connectivity index (χ2n) is 8.96. The van der Waals surface area contributed by atoms with Gasteiger partial charge >= 0.3 is 0 Å². The second-order valence-corrected chi connectivity index (χ2v) is 11.2. The Kier molecular flexibility index (Phi) is 7.72. The number of Topliss-reactive ketones (excluding diaryl/α,β-unsaturated/α-hetero) is 1. The molecule has 1 aliphatic rings. The molecule has 3 aromatic carbocycles. The molecule has 37 heavy (non-hydrogen) atoms. The van der Waals surface area contributed by atoms with Crippen LogP contribution in [-0.2, 0) is 18.7 Å². The maximum absolute atomic E-state index is 13.6. The quantitative estimate of drug-likeness (QED) is 0.248. The van der Waals surface area contributed by atoms with Gasteiger partial charge in [0.2, 0.25) is 0 Å². The van der Waals surface area contributed by atoms with Gasteiger partial charge in [0, 0.05) is 24.3 Å². The molecule has 1 aliphatic carbocycles. The van der Waals surface area contributed by atoms with Gasteiger partial charge in [-0.05, 0) is 58.9 Å². The van der Waals surface area contributed by atoms with Gasteiger partial charge in [-0.1, -0.05) is 54.6 Å². The molecule has 0 bridgehead atoms. The van der Waals surface area contributed by atoms with Crippen LogP contribution in [-0.4, -0.2) is 18.8 Å². The Labute approximate surface area is 223 Å². The van der Waals surface area contributed by atoms with Gasteiger partial charge in [0.1, 0.15) is 11.6 Å². The number of methoxy groups -OCH3 is 1. The van der Waals surface area contributed by atoms with Gasteiger partial charge in [-0.2, -0.15) is 0 Å². The molecule has 4 aromatic rings. The summed E-state index contributed by atoms with van der Waals surface area (Å²) in [7, 11) is 1.63. The number of thiophene rings is 1. The smallest absolute Gasteiger partial charge is 0.261 e. The summed E-state index contributed by atoms with van der Waals surface area (Å²) in [5.41, 5.74) is 4.40. The number of nitrogens with one attached hydrogen (secondary N) is 1. The maximum Gasteiger partial charge on any atom is 0.261 e. The van der Waals surface area contributed by atoms with Gasteiger partial charge in [0.05, 0.1) is 16.2 Å². The molecule has 1 amide bonds. The molecular weight excluding hydrogens is 505 g/mol. The van der Waals surface area contributed by atoms with Gasteiger partial charge in [-0.25, -0.2) is 4.39 Å². The normalized spacial score (nSPS) is 14.8. The van der Waals surface area contributed by atoms with E-state index in [1.807, 2.05) is 42.5 Å². The molecule has 5 rings (SSSR count). The lowest BCUT2D eigenvalue weighted by Crippen LogP contribution is -2.25. The third kappa shape index (κ3) is 5.78. The summed E-state index contributed by atoms with van der Waals surface area (Å²) in [5.74, 6) is 0.959. The molecule has 1 N–H and O–H groups in total. The summed E-state index contributed by atoms with van der Waals surface area (Å²) in [4.78, 5) is 27.4. The van der Waals surface area contributed by atoms with E-state index in [2.05, 4.69) is 17.4 Å². The third-order valence-electron chi connectivity index (χ3n) is 6.48. The van der Waals surface area contributed by atoms with Crippen LogP contribution >= 0.6 is 23.1 Å². The third-order valence-corrected chi connectivity index (χ3v) is 9.06. The summed E-state index contributed by atoms with van der Waals surface area (Å²) in [6, 6.07) is 24.0. The highest BCUT2D eigenvalue weighted by atomic mass is 32.2. The largest absolute Gasteiger partial charge is 0.497 e. The number of carbonyl (C=O) groups excluding carboxylic acids is 2. The first-order valence-corrected chi connectivity index (χ1v) is 13.8. The number of rotatable bonds is 8. The molecule has 1 unspecified atom stereocenters. The zero-order valence-electron chi connectivity index (χ0n) is 20.3. The van der Waals surface area contributed by atoms with Gasteiger partial charge in [0.15, 0.2) is 5.78 Å². The molecule has 0 radical (unpaired) electrons. The number of hydrogen-bond acceptors (Lipinski definition) is 5. The Bertz CT molecular complexity index is 1420. The zero-order chi connectivity index (χ0) is 25.8. The fourth-order valence-corrected chi connectivity index (χ4v) is 7.12. The Hall–Kier alpha value is -3.42. The van der Waals surface area contributed by atoms with E-state index in [0.29, 0.717) is 34.6 Å². The lowest BCUT2D eigenvalue weighted by molar-refractivity contribution is 0.0953. The number of halogens is 1. The first-order valence-electron chi connectivity index (χ1n) is 12.0. The van der Waals surface area contributed by atoms with Crippen molar-refractivity contribution < 1.29 is 18.7 Å². The molecule has 0 spiro atoms. The summed E-state index contributed by atoms with van der Waals surface area (Å²) in [5, 5.41) is 2.93. The Balaban J connectivity index is 1.44. The predicted octanol–water partition coefficient (Wildman–Crippen LogP) is 7.03. The fraction of sp³-hybridized carbons (Fsp3) is 0.200. The van der Waals surface area contributed by atoms with Crippen molar-refractivity contribution in [1.82, 2.24) is 5.32 Å². The van der Waals surface area contributed by atoms with Crippen molar-refractivity contribution >= 4 is 34.8 Å². The van der Waals surface area contributed by atoms with E-state index in [-0.39, 0.29) is 30.0 Å². The standard InChI is InChI=1S/C30H26FNO3S2/c1-35-24-12-10-21(11-13-24)22-15-25-27(26(33)16-22)30(36-18-19-6-3-2-4-7-19)37-28(25)29(34)32-17-20-8-5-9-23(31)14-20/h2-14,22H,15-18H2,1H3,(H,32,34). The maximum atomic E-state index is 13.6. The molecule has 4 nitrogen and oxygen atoms in total. The number of carbonyl (C=O) groups is 2. The van der Waals surface area contributed by atoms with Crippen molar-refractivity contribution in [1.29, 1.82) is 0 Å². The Morgan fingerprint density at radius 1 is 1.03 bits per heavy atom. The molecular formula is C30H26FNO3S2. The molecule has 0 fully saturated rings. The van der Waals surface area contributed by atoms with Crippen molar-refractivity contribution in [2.75, 3.05) is 7.11 Å². The number of benzene rings is 3. The summed E-state index contributed by atoms with van der Waals surface area (Å²) in [6.45, 7) is 0.214. The summed E-state index contributed by atoms with van der Waals surface area (Å²) < 4.78 is 19.8. The molecule has 0 saturated heterocycles. The highest BCUT2D eigenvalue weighted by Crippen LogP contribution is 2.44. The molecule has 0 aliphatic heterocycles. The lowest BCUT2D eigenvalue weighted by Gasteiger charge is -2.23. The van der Waals surface area contributed by atoms with Crippen molar-refractivity contribution in [2.45, 2.75) is 35.3 Å². The van der Waals surface area contributed by atoms with Crippen LogP contribution in [0.3, 0.4) is 0 Å². The first kappa shape index (κ1) is 25.2. The number of hydrogen-bond donors (Lipinski definition) is 1. The van der Waals surface area contributed by atoms with Crippen LogP contribution in [0.1, 0.15) is 54.6 Å². The van der Waals surface area contributed by atoms with E-state index >= 15 is 0 Å². The van der Waals surface area contributed by atoms with E-state index in [1.54, 1.807) is 31.0 Å². The topological polar surface area (TPSA) is 55.4 Å². The van der Waals surface area contributed by atoms with Crippen LogP contribution in [0.2, 0.25) is 0 Å². The van der Waals surface area contributed by atoms with Crippen LogP contribution in [0.4, 0.5) is 4.39 Å². The second kappa shape index (κ2) is 11.3. The first-order chi connectivity index (χ1) is 18.0. The number of thioether (sulfide) groups is 1. The Morgan fingerprint density at radius 3 is 2.51 bits per heavy atom. The van der Waals surface area contributed by atoms with Crippen molar-refractivity contribution in [3.05, 3.63) is 117 Å². The van der Waals surface area contributed by atoms with Gasteiger partial charge < -0.3 is 10.1 Å². The number of ether oxygens (including phenoxy) is 1. The van der Waals surface area contributed by atoms with Gasteiger partial charge in [0.25, 0.3) is 5.91 Å². The van der Waals surface area contributed by atoms with Crippen molar-refractivity contribution in [3.8, 4) is 5.75 Å². The molecule has 1 aromatic heterocycles. The molecule has 1 heterocycles. The molecule has 1 atom stereocenters. The molecule has 188 valence electrons. The highest BCUT2D eigenvalue weighted by Gasteiger charge is 2.34. The average molecular weight is 532 g/mol.